The molecule has 0 radical (unpaired) electrons. The molecule has 2 rings (SSSR count). The van der Waals surface area contributed by atoms with E-state index in [0.29, 0.717) is 36.1 Å². The zero-order valence-electron chi connectivity index (χ0n) is 15.3. The Balaban J connectivity index is 1.84. The average molecular weight is 333 g/mol. The van der Waals surface area contributed by atoms with Crippen molar-refractivity contribution in [1.82, 2.24) is 9.80 Å². The molecule has 0 saturated carbocycles. The van der Waals surface area contributed by atoms with E-state index in [4.69, 9.17) is 10.5 Å². The van der Waals surface area contributed by atoms with Gasteiger partial charge in [-0.25, -0.2) is 0 Å². The predicted molar refractivity (Wildman–Crippen MR) is 98.7 cm³/mol. The maximum Gasteiger partial charge on any atom is 0.164 e. The van der Waals surface area contributed by atoms with E-state index in [1.165, 1.54) is 12.8 Å². The van der Waals surface area contributed by atoms with E-state index in [2.05, 4.69) is 30.8 Å². The molecule has 0 aromatic heterocycles. The molecule has 134 valence electrons. The molecule has 0 amide bonds. The van der Waals surface area contributed by atoms with Crippen molar-refractivity contribution in [3.05, 3.63) is 23.8 Å². The number of nitrogen functional groups attached to an aromatic ring is 1. The molecule has 1 aromatic carbocycles. The van der Waals surface area contributed by atoms with Crippen molar-refractivity contribution in [2.75, 3.05) is 46.1 Å². The molecule has 0 aliphatic carbocycles. The maximum absolute atomic E-state index is 12.4. The van der Waals surface area contributed by atoms with E-state index in [-0.39, 0.29) is 5.78 Å². The van der Waals surface area contributed by atoms with Gasteiger partial charge >= 0.3 is 0 Å². The predicted octanol–water partition coefficient (Wildman–Crippen LogP) is 2.66. The number of ketones is 1. The first-order valence-electron chi connectivity index (χ1n) is 8.95. The smallest absolute Gasteiger partial charge is 0.164 e. The summed E-state index contributed by atoms with van der Waals surface area (Å²) < 4.78 is 5.56. The Hall–Kier alpha value is -1.59. The van der Waals surface area contributed by atoms with Gasteiger partial charge in [-0.2, -0.15) is 0 Å². The lowest BCUT2D eigenvalue weighted by molar-refractivity contribution is 0.0939. The first kappa shape index (κ1) is 18.7. The molecule has 1 aliphatic heterocycles. The second-order valence-corrected chi connectivity index (χ2v) is 6.79. The van der Waals surface area contributed by atoms with Crippen LogP contribution in [0.5, 0.6) is 5.75 Å². The SMILES string of the molecule is CCCOc1ccc(C(=O)CCN(C)C2CCN(C)CC2)cc1N. The third-order valence-corrected chi connectivity index (χ3v) is 4.80. The van der Waals surface area contributed by atoms with Gasteiger partial charge in [-0.05, 0) is 64.6 Å². The van der Waals surface area contributed by atoms with Crippen LogP contribution in [0.15, 0.2) is 18.2 Å². The minimum absolute atomic E-state index is 0.142. The van der Waals surface area contributed by atoms with Crippen LogP contribution in [0.4, 0.5) is 5.69 Å². The Labute approximate surface area is 145 Å². The van der Waals surface area contributed by atoms with Crippen molar-refractivity contribution in [3.63, 3.8) is 0 Å². The van der Waals surface area contributed by atoms with Crippen molar-refractivity contribution in [2.24, 2.45) is 0 Å². The fourth-order valence-corrected chi connectivity index (χ4v) is 3.11. The molecule has 2 N–H and O–H groups in total. The third-order valence-electron chi connectivity index (χ3n) is 4.80. The van der Waals surface area contributed by atoms with Gasteiger partial charge in [0.05, 0.1) is 12.3 Å². The number of anilines is 1. The van der Waals surface area contributed by atoms with Crippen LogP contribution < -0.4 is 10.5 Å². The highest BCUT2D eigenvalue weighted by molar-refractivity contribution is 5.97. The Kier molecular flexibility index (Phi) is 7.06. The van der Waals surface area contributed by atoms with Crippen LogP contribution in [-0.2, 0) is 0 Å². The molecule has 0 unspecified atom stereocenters. The van der Waals surface area contributed by atoms with E-state index >= 15 is 0 Å². The number of nitrogens with two attached hydrogens (primary N) is 1. The number of nitrogens with zero attached hydrogens (tertiary/aromatic N) is 2. The maximum atomic E-state index is 12.4. The number of rotatable bonds is 8. The van der Waals surface area contributed by atoms with E-state index in [1.54, 1.807) is 12.1 Å². The van der Waals surface area contributed by atoms with E-state index in [9.17, 15) is 4.79 Å². The normalized spacial score (nSPS) is 16.5. The zero-order valence-corrected chi connectivity index (χ0v) is 15.3. The molecule has 1 aromatic rings. The van der Waals surface area contributed by atoms with Gasteiger partial charge in [0.25, 0.3) is 0 Å². The van der Waals surface area contributed by atoms with Gasteiger partial charge in [0.1, 0.15) is 5.75 Å². The van der Waals surface area contributed by atoms with E-state index < -0.39 is 0 Å². The molecule has 1 fully saturated rings. The summed E-state index contributed by atoms with van der Waals surface area (Å²) in [5.41, 5.74) is 7.21. The Morgan fingerprint density at radius 2 is 2.08 bits per heavy atom. The lowest BCUT2D eigenvalue weighted by atomic mass is 10.0. The number of piperidine rings is 1. The number of hydrogen-bond donors (Lipinski definition) is 1. The van der Waals surface area contributed by atoms with Crippen molar-refractivity contribution < 1.29 is 9.53 Å². The molecule has 0 spiro atoms. The topological polar surface area (TPSA) is 58.8 Å². The Bertz CT molecular complexity index is 539. The highest BCUT2D eigenvalue weighted by atomic mass is 16.5. The fraction of sp³-hybridized carbons (Fsp3) is 0.632. The Morgan fingerprint density at radius 1 is 1.38 bits per heavy atom. The number of carbonyl (C=O) groups is 1. The summed E-state index contributed by atoms with van der Waals surface area (Å²) in [7, 11) is 4.29. The molecule has 5 heteroatoms. The van der Waals surface area contributed by atoms with Crippen LogP contribution >= 0.6 is 0 Å². The second kappa shape index (κ2) is 9.04. The van der Waals surface area contributed by atoms with Gasteiger partial charge in [0.2, 0.25) is 0 Å². The average Bonchev–Trinajstić information content (AvgIpc) is 2.59. The number of hydrogen-bond acceptors (Lipinski definition) is 5. The largest absolute Gasteiger partial charge is 0.491 e. The van der Waals surface area contributed by atoms with Crippen LogP contribution in [0.1, 0.15) is 43.0 Å². The summed E-state index contributed by atoms with van der Waals surface area (Å²) in [6.45, 7) is 5.76. The summed E-state index contributed by atoms with van der Waals surface area (Å²) in [4.78, 5) is 17.1. The molecule has 1 saturated heterocycles. The van der Waals surface area contributed by atoms with Crippen molar-refractivity contribution in [3.8, 4) is 5.75 Å². The number of benzene rings is 1. The molecular formula is C19H31N3O2. The third kappa shape index (κ3) is 5.21. The summed E-state index contributed by atoms with van der Waals surface area (Å²) in [6, 6.07) is 5.95. The van der Waals surface area contributed by atoms with Crippen LogP contribution in [0, 0.1) is 0 Å². The number of likely N-dealkylation sites (tertiary alicyclic amines) is 1. The van der Waals surface area contributed by atoms with Gasteiger partial charge in [-0.1, -0.05) is 6.92 Å². The standard InChI is InChI=1S/C19H31N3O2/c1-4-13-24-19-6-5-15(14-17(19)20)18(23)9-12-22(3)16-7-10-21(2)11-8-16/h5-6,14,16H,4,7-13,20H2,1-3H3. The van der Waals surface area contributed by atoms with E-state index in [0.717, 1.165) is 26.1 Å². The highest BCUT2D eigenvalue weighted by Gasteiger charge is 2.21. The number of carbonyl (C=O) groups excluding carboxylic acids is 1. The van der Waals surface area contributed by atoms with Gasteiger partial charge < -0.3 is 20.3 Å². The van der Waals surface area contributed by atoms with Gasteiger partial charge in [-0.3, -0.25) is 4.79 Å². The molecule has 24 heavy (non-hydrogen) atoms. The first-order valence-corrected chi connectivity index (χ1v) is 8.95. The first-order chi connectivity index (χ1) is 11.5. The van der Waals surface area contributed by atoms with Crippen molar-refractivity contribution in [1.29, 1.82) is 0 Å². The van der Waals surface area contributed by atoms with Crippen molar-refractivity contribution >= 4 is 11.5 Å². The number of Topliss-reactive ketones (excluding diaryl/α,β-unsaturated/α-hetero) is 1. The summed E-state index contributed by atoms with van der Waals surface area (Å²) >= 11 is 0. The summed E-state index contributed by atoms with van der Waals surface area (Å²) in [5, 5.41) is 0. The highest BCUT2D eigenvalue weighted by Crippen LogP contribution is 2.23. The van der Waals surface area contributed by atoms with Crippen LogP contribution in [0.25, 0.3) is 0 Å². The molecule has 0 atom stereocenters. The minimum atomic E-state index is 0.142. The van der Waals surface area contributed by atoms with E-state index in [1.807, 2.05) is 6.07 Å². The van der Waals surface area contributed by atoms with Gasteiger partial charge in [0, 0.05) is 24.6 Å². The van der Waals surface area contributed by atoms with Crippen LogP contribution in [0.2, 0.25) is 0 Å². The fourth-order valence-electron chi connectivity index (χ4n) is 3.11. The molecule has 1 heterocycles. The minimum Gasteiger partial charge on any atom is -0.491 e. The number of ether oxygens (including phenoxy) is 1. The summed E-state index contributed by atoms with van der Waals surface area (Å²) in [6.07, 6.45) is 3.82. The second-order valence-electron chi connectivity index (χ2n) is 6.79. The monoisotopic (exact) mass is 333 g/mol. The van der Waals surface area contributed by atoms with Crippen LogP contribution in [-0.4, -0.2) is 62.0 Å². The molecule has 5 nitrogen and oxygen atoms in total. The quantitative estimate of drug-likeness (QED) is 0.585. The van der Waals surface area contributed by atoms with Crippen molar-refractivity contribution in [2.45, 2.75) is 38.6 Å². The molecule has 0 bridgehead atoms. The molecule has 1 aliphatic rings. The Morgan fingerprint density at radius 3 is 2.71 bits per heavy atom. The lowest BCUT2D eigenvalue weighted by Gasteiger charge is -2.35. The summed E-state index contributed by atoms with van der Waals surface area (Å²) in [5.74, 6) is 0.806. The zero-order chi connectivity index (χ0) is 17.5. The van der Waals surface area contributed by atoms with Crippen LogP contribution in [0.3, 0.4) is 0 Å². The van der Waals surface area contributed by atoms with Gasteiger partial charge in [0.15, 0.2) is 5.78 Å². The molecular weight excluding hydrogens is 302 g/mol. The van der Waals surface area contributed by atoms with Gasteiger partial charge in [-0.15, -0.1) is 0 Å². The lowest BCUT2D eigenvalue weighted by Crippen LogP contribution is -2.42.